The second kappa shape index (κ2) is 8.14. The standard InChI is InChI=1S/C21H20FN5O2/c22-17-6-1-2-7-18(17)26-10-12-27(13-11-26)21-23-9-8-19(25-21)24-16-5-3-4-15(14-16)20(28)29/h1-9,14H,10-13H2,(H,28,29)(H,23,24,25). The molecule has 2 aromatic carbocycles. The number of benzene rings is 2. The summed E-state index contributed by atoms with van der Waals surface area (Å²) >= 11 is 0. The number of halogens is 1. The topological polar surface area (TPSA) is 81.6 Å². The molecule has 2 N–H and O–H groups in total. The number of hydrogen-bond acceptors (Lipinski definition) is 6. The fourth-order valence-electron chi connectivity index (χ4n) is 3.30. The molecule has 148 valence electrons. The first kappa shape index (κ1) is 18.7. The summed E-state index contributed by atoms with van der Waals surface area (Å²) in [5.41, 5.74) is 1.45. The largest absolute Gasteiger partial charge is 0.478 e. The van der Waals surface area contributed by atoms with Gasteiger partial charge in [-0.05, 0) is 36.4 Å². The number of para-hydroxylation sites is 1. The second-order valence-corrected chi connectivity index (χ2v) is 6.68. The van der Waals surface area contributed by atoms with E-state index in [1.807, 2.05) is 11.0 Å². The summed E-state index contributed by atoms with van der Waals surface area (Å²) in [7, 11) is 0. The molecule has 0 bridgehead atoms. The molecule has 0 radical (unpaired) electrons. The average molecular weight is 393 g/mol. The Morgan fingerprint density at radius 3 is 2.52 bits per heavy atom. The molecule has 1 fully saturated rings. The molecule has 8 heteroatoms. The molecule has 1 saturated heterocycles. The van der Waals surface area contributed by atoms with Gasteiger partial charge in [0.1, 0.15) is 11.6 Å². The van der Waals surface area contributed by atoms with E-state index in [1.54, 1.807) is 42.6 Å². The molecule has 1 aliphatic rings. The van der Waals surface area contributed by atoms with Crippen LogP contribution < -0.4 is 15.1 Å². The fourth-order valence-corrected chi connectivity index (χ4v) is 3.30. The Kier molecular flexibility index (Phi) is 5.24. The maximum Gasteiger partial charge on any atom is 0.335 e. The molecule has 2 heterocycles. The SMILES string of the molecule is O=C(O)c1cccc(Nc2ccnc(N3CCN(c4ccccc4F)CC3)n2)c1. The van der Waals surface area contributed by atoms with E-state index in [1.165, 1.54) is 12.1 Å². The lowest BCUT2D eigenvalue weighted by Gasteiger charge is -2.36. The van der Waals surface area contributed by atoms with Gasteiger partial charge < -0.3 is 20.2 Å². The van der Waals surface area contributed by atoms with Gasteiger partial charge in [-0.15, -0.1) is 0 Å². The van der Waals surface area contributed by atoms with Crippen LogP contribution in [0.25, 0.3) is 0 Å². The van der Waals surface area contributed by atoms with Gasteiger partial charge in [0, 0.05) is 38.1 Å². The molecule has 7 nitrogen and oxygen atoms in total. The predicted molar refractivity (Wildman–Crippen MR) is 110 cm³/mol. The molecule has 29 heavy (non-hydrogen) atoms. The second-order valence-electron chi connectivity index (χ2n) is 6.68. The van der Waals surface area contributed by atoms with Gasteiger partial charge in [0.05, 0.1) is 11.3 Å². The lowest BCUT2D eigenvalue weighted by molar-refractivity contribution is 0.0697. The van der Waals surface area contributed by atoms with Gasteiger partial charge in [-0.1, -0.05) is 18.2 Å². The minimum absolute atomic E-state index is 0.202. The summed E-state index contributed by atoms with van der Waals surface area (Å²) in [5, 5.41) is 12.2. The molecule has 0 spiro atoms. The van der Waals surface area contributed by atoms with Gasteiger partial charge in [-0.3, -0.25) is 0 Å². The van der Waals surface area contributed by atoms with Crippen LogP contribution in [0, 0.1) is 5.82 Å². The van der Waals surface area contributed by atoms with Crippen LogP contribution in [0.15, 0.2) is 60.8 Å². The normalized spacial score (nSPS) is 14.0. The van der Waals surface area contributed by atoms with Gasteiger partial charge in [-0.2, -0.15) is 4.98 Å². The summed E-state index contributed by atoms with van der Waals surface area (Å²) in [4.78, 5) is 24.1. The monoisotopic (exact) mass is 393 g/mol. The van der Waals surface area contributed by atoms with E-state index in [-0.39, 0.29) is 11.4 Å². The van der Waals surface area contributed by atoms with E-state index in [2.05, 4.69) is 20.2 Å². The number of anilines is 4. The van der Waals surface area contributed by atoms with Crippen LogP contribution in [0.5, 0.6) is 0 Å². The van der Waals surface area contributed by atoms with E-state index in [9.17, 15) is 9.18 Å². The number of piperazine rings is 1. The van der Waals surface area contributed by atoms with Crippen molar-refractivity contribution in [2.24, 2.45) is 0 Å². The Morgan fingerprint density at radius 1 is 1.00 bits per heavy atom. The zero-order chi connectivity index (χ0) is 20.2. The number of carboxylic acid groups (broad SMARTS) is 1. The molecule has 0 unspecified atom stereocenters. The Hall–Kier alpha value is -3.68. The van der Waals surface area contributed by atoms with Crippen LogP contribution in [0.4, 0.5) is 27.5 Å². The van der Waals surface area contributed by atoms with E-state index < -0.39 is 5.97 Å². The van der Waals surface area contributed by atoms with Crippen LogP contribution in [-0.4, -0.2) is 47.2 Å². The first-order chi connectivity index (χ1) is 14.1. The van der Waals surface area contributed by atoms with Crippen LogP contribution in [0.1, 0.15) is 10.4 Å². The fraction of sp³-hybridized carbons (Fsp3) is 0.190. The maximum absolute atomic E-state index is 14.0. The van der Waals surface area contributed by atoms with E-state index in [0.717, 1.165) is 0 Å². The van der Waals surface area contributed by atoms with E-state index in [0.29, 0.717) is 49.3 Å². The van der Waals surface area contributed by atoms with Crippen molar-refractivity contribution in [2.75, 3.05) is 41.3 Å². The third kappa shape index (κ3) is 4.26. The van der Waals surface area contributed by atoms with Gasteiger partial charge in [0.15, 0.2) is 0 Å². The van der Waals surface area contributed by atoms with Crippen molar-refractivity contribution >= 4 is 29.1 Å². The third-order valence-corrected chi connectivity index (χ3v) is 4.78. The number of carbonyl (C=O) groups is 1. The van der Waals surface area contributed by atoms with E-state index in [4.69, 9.17) is 5.11 Å². The molecule has 0 amide bonds. The molecule has 0 aliphatic carbocycles. The minimum Gasteiger partial charge on any atom is -0.478 e. The quantitative estimate of drug-likeness (QED) is 0.688. The maximum atomic E-state index is 14.0. The smallest absolute Gasteiger partial charge is 0.335 e. The van der Waals surface area contributed by atoms with Crippen molar-refractivity contribution in [2.45, 2.75) is 0 Å². The number of aromatic carboxylic acids is 1. The number of nitrogens with zero attached hydrogens (tertiary/aromatic N) is 4. The molecule has 3 aromatic rings. The number of carboxylic acids is 1. The highest BCUT2D eigenvalue weighted by atomic mass is 19.1. The molecular formula is C21H20FN5O2. The van der Waals surface area contributed by atoms with Gasteiger partial charge >= 0.3 is 5.97 Å². The Morgan fingerprint density at radius 2 is 1.76 bits per heavy atom. The number of hydrogen-bond donors (Lipinski definition) is 2. The number of nitrogens with one attached hydrogen (secondary N) is 1. The number of rotatable bonds is 5. The van der Waals surface area contributed by atoms with Crippen LogP contribution in [-0.2, 0) is 0 Å². The Labute approximate surface area is 167 Å². The highest BCUT2D eigenvalue weighted by Gasteiger charge is 2.21. The van der Waals surface area contributed by atoms with Crippen molar-refractivity contribution in [1.29, 1.82) is 0 Å². The van der Waals surface area contributed by atoms with Crippen LogP contribution in [0.3, 0.4) is 0 Å². The zero-order valence-corrected chi connectivity index (χ0v) is 15.6. The van der Waals surface area contributed by atoms with Gasteiger partial charge in [-0.25, -0.2) is 14.2 Å². The highest BCUT2D eigenvalue weighted by Crippen LogP contribution is 2.22. The summed E-state index contributed by atoms with van der Waals surface area (Å²) in [5.74, 6) is -0.0385. The molecular weight excluding hydrogens is 373 g/mol. The minimum atomic E-state index is -0.982. The Balaban J connectivity index is 1.44. The molecule has 0 atom stereocenters. The summed E-state index contributed by atoms with van der Waals surface area (Å²) in [6.07, 6.45) is 1.66. The predicted octanol–water partition coefficient (Wildman–Crippen LogP) is 3.38. The van der Waals surface area contributed by atoms with Gasteiger partial charge in [0.25, 0.3) is 0 Å². The lowest BCUT2D eigenvalue weighted by Crippen LogP contribution is -2.47. The highest BCUT2D eigenvalue weighted by molar-refractivity contribution is 5.89. The Bertz CT molecular complexity index is 1020. The summed E-state index contributed by atoms with van der Waals surface area (Å²) in [6, 6.07) is 15.1. The van der Waals surface area contributed by atoms with Crippen molar-refractivity contribution in [3.05, 3.63) is 72.2 Å². The van der Waals surface area contributed by atoms with Crippen molar-refractivity contribution in [3.63, 3.8) is 0 Å². The molecule has 0 saturated carbocycles. The van der Waals surface area contributed by atoms with Gasteiger partial charge in [0.2, 0.25) is 5.95 Å². The lowest BCUT2D eigenvalue weighted by atomic mass is 10.2. The van der Waals surface area contributed by atoms with E-state index >= 15 is 0 Å². The zero-order valence-electron chi connectivity index (χ0n) is 15.6. The first-order valence-electron chi connectivity index (χ1n) is 9.28. The van der Waals surface area contributed by atoms with Crippen molar-refractivity contribution in [3.8, 4) is 0 Å². The summed E-state index contributed by atoms with van der Waals surface area (Å²) in [6.45, 7) is 2.68. The third-order valence-electron chi connectivity index (χ3n) is 4.78. The average Bonchev–Trinajstić information content (AvgIpc) is 2.75. The molecule has 1 aliphatic heterocycles. The molecule has 1 aromatic heterocycles. The summed E-state index contributed by atoms with van der Waals surface area (Å²) < 4.78 is 14.0. The number of aromatic nitrogens is 2. The van der Waals surface area contributed by atoms with Crippen LogP contribution >= 0.6 is 0 Å². The van der Waals surface area contributed by atoms with Crippen molar-refractivity contribution < 1.29 is 14.3 Å². The van der Waals surface area contributed by atoms with Crippen LogP contribution in [0.2, 0.25) is 0 Å². The molecule has 4 rings (SSSR count). The van der Waals surface area contributed by atoms with Crippen molar-refractivity contribution in [1.82, 2.24) is 9.97 Å². The first-order valence-corrected chi connectivity index (χ1v) is 9.28.